The molecule has 0 spiro atoms. The molecule has 2 heteroatoms. The van der Waals surface area contributed by atoms with Crippen LogP contribution in [0, 0.1) is 0 Å². The van der Waals surface area contributed by atoms with Gasteiger partial charge in [-0.15, -0.1) is 11.3 Å². The summed E-state index contributed by atoms with van der Waals surface area (Å²) in [5.41, 5.74) is 18.5. The van der Waals surface area contributed by atoms with E-state index in [-0.39, 0.29) is 5.41 Å². The van der Waals surface area contributed by atoms with Crippen molar-refractivity contribution in [1.29, 1.82) is 0 Å². The monoisotopic (exact) mass is 831 g/mol. The molecular formula is C62H41NS. The maximum absolute atomic E-state index is 5.24. The lowest BCUT2D eigenvalue weighted by Gasteiger charge is -2.25. The molecule has 5 aliphatic carbocycles. The number of nitrogens with zero attached hydrogens (tertiary/aromatic N) is 1. The van der Waals surface area contributed by atoms with Gasteiger partial charge in [-0.25, -0.2) is 4.98 Å². The number of allylic oxidation sites excluding steroid dienone is 8. The number of benzene rings is 9. The zero-order chi connectivity index (χ0) is 42.0. The Morgan fingerprint density at radius 2 is 0.984 bits per heavy atom. The van der Waals surface area contributed by atoms with Crippen molar-refractivity contribution in [3.63, 3.8) is 0 Å². The summed E-state index contributed by atoms with van der Waals surface area (Å²) < 4.78 is 1.21. The number of para-hydroxylation sites is 1. The molecule has 0 radical (unpaired) electrons. The molecular weight excluding hydrogens is 791 g/mol. The zero-order valence-corrected chi connectivity index (χ0v) is 36.4. The third-order valence-corrected chi connectivity index (χ3v) is 16.9. The van der Waals surface area contributed by atoms with Crippen molar-refractivity contribution in [3.05, 3.63) is 222 Å². The van der Waals surface area contributed by atoms with Gasteiger partial charge in [0.1, 0.15) is 5.01 Å². The van der Waals surface area contributed by atoms with Gasteiger partial charge in [0.25, 0.3) is 0 Å². The standard InChI is InChI=1S/C62H41NS/c1-62(2)53-22-8-7-17-39(53)49-32-51-52(33-54(49)62)60(47-30-28-45-38-16-6-4-14-36(38)41-19-12-21-43(47)58(41)45)50-31-34(61-63-55-23-9-10-24-56(55)64-61)25-26-48(50)59(51)46-29-27-44-37-15-5-3-13-35(37)40-18-11-20-42(46)57(40)44/h3-33,35-38H,1-2H3. The van der Waals surface area contributed by atoms with Gasteiger partial charge in [0.05, 0.1) is 10.2 Å². The molecule has 5 aliphatic rings. The highest BCUT2D eigenvalue weighted by atomic mass is 32.1. The summed E-state index contributed by atoms with van der Waals surface area (Å²) in [7, 11) is 0. The van der Waals surface area contributed by atoms with E-state index in [9.17, 15) is 0 Å². The van der Waals surface area contributed by atoms with E-state index >= 15 is 0 Å². The van der Waals surface area contributed by atoms with E-state index in [1.54, 1.807) is 11.3 Å². The van der Waals surface area contributed by atoms with Crippen molar-refractivity contribution in [2.75, 3.05) is 0 Å². The smallest absolute Gasteiger partial charge is 0.124 e. The van der Waals surface area contributed by atoms with Gasteiger partial charge in [0.2, 0.25) is 0 Å². The minimum atomic E-state index is -0.162. The van der Waals surface area contributed by atoms with Crippen molar-refractivity contribution < 1.29 is 0 Å². The summed E-state index contributed by atoms with van der Waals surface area (Å²) in [6.45, 7) is 4.84. The summed E-state index contributed by atoms with van der Waals surface area (Å²) in [5.74, 6) is 1.46. The number of aromatic nitrogens is 1. The highest BCUT2D eigenvalue weighted by Crippen LogP contribution is 2.58. The molecule has 4 atom stereocenters. The molecule has 0 bridgehead atoms. The van der Waals surface area contributed by atoms with Gasteiger partial charge in [0, 0.05) is 34.7 Å². The van der Waals surface area contributed by atoms with Crippen molar-refractivity contribution >= 4 is 64.6 Å². The van der Waals surface area contributed by atoms with E-state index in [2.05, 4.69) is 202 Å². The molecule has 9 aromatic carbocycles. The van der Waals surface area contributed by atoms with Crippen molar-refractivity contribution in [3.8, 4) is 44.0 Å². The molecule has 0 fully saturated rings. The molecule has 0 saturated heterocycles. The first-order valence-corrected chi connectivity index (χ1v) is 23.7. The fraction of sp³-hybridized carbons (Fsp3) is 0.113. The predicted molar refractivity (Wildman–Crippen MR) is 271 cm³/mol. The van der Waals surface area contributed by atoms with E-state index in [0.717, 1.165) is 16.1 Å². The quantitative estimate of drug-likeness (QED) is 0.162. The van der Waals surface area contributed by atoms with Gasteiger partial charge in [-0.3, -0.25) is 0 Å². The van der Waals surface area contributed by atoms with Gasteiger partial charge in [-0.05, 0) is 140 Å². The second-order valence-electron chi connectivity index (χ2n) is 19.2. The topological polar surface area (TPSA) is 12.9 Å². The Kier molecular flexibility index (Phi) is 6.92. The zero-order valence-electron chi connectivity index (χ0n) is 35.6. The van der Waals surface area contributed by atoms with Crippen LogP contribution < -0.4 is 0 Å². The van der Waals surface area contributed by atoms with Crippen LogP contribution in [0.5, 0.6) is 0 Å². The highest BCUT2D eigenvalue weighted by molar-refractivity contribution is 7.21. The van der Waals surface area contributed by atoms with Crippen LogP contribution in [0.15, 0.2) is 188 Å². The molecule has 64 heavy (non-hydrogen) atoms. The van der Waals surface area contributed by atoms with Crippen molar-refractivity contribution in [2.45, 2.75) is 42.9 Å². The van der Waals surface area contributed by atoms with Gasteiger partial charge in [0.15, 0.2) is 0 Å². The van der Waals surface area contributed by atoms with Crippen LogP contribution in [0.2, 0.25) is 0 Å². The Hall–Kier alpha value is -7.13. The highest BCUT2D eigenvalue weighted by Gasteiger charge is 2.38. The number of rotatable bonds is 3. The lowest BCUT2D eigenvalue weighted by Crippen LogP contribution is -2.14. The normalized spacial score (nSPS) is 20.2. The number of thiazole rings is 1. The second kappa shape index (κ2) is 12.5. The Bertz CT molecular complexity index is 3820. The first kappa shape index (κ1) is 35.3. The lowest BCUT2D eigenvalue weighted by molar-refractivity contribution is 0.661. The number of fused-ring (bicyclic) bond motifs is 12. The van der Waals surface area contributed by atoms with Crippen LogP contribution in [-0.4, -0.2) is 4.98 Å². The largest absolute Gasteiger partial charge is 0.236 e. The van der Waals surface area contributed by atoms with E-state index in [1.165, 1.54) is 115 Å². The van der Waals surface area contributed by atoms with Gasteiger partial charge >= 0.3 is 0 Å². The molecule has 300 valence electrons. The van der Waals surface area contributed by atoms with Crippen LogP contribution in [0.3, 0.4) is 0 Å². The summed E-state index contributed by atoms with van der Waals surface area (Å²) in [5, 5.41) is 11.7. The summed E-state index contributed by atoms with van der Waals surface area (Å²) >= 11 is 1.79. The van der Waals surface area contributed by atoms with Crippen LogP contribution in [0.4, 0.5) is 0 Å². The molecule has 1 nitrogen and oxygen atoms in total. The third-order valence-electron chi connectivity index (χ3n) is 15.8. The minimum absolute atomic E-state index is 0.162. The number of hydrogen-bond donors (Lipinski definition) is 0. The van der Waals surface area contributed by atoms with Crippen molar-refractivity contribution in [2.24, 2.45) is 0 Å². The van der Waals surface area contributed by atoms with E-state index in [4.69, 9.17) is 4.98 Å². The van der Waals surface area contributed by atoms with E-state index < -0.39 is 0 Å². The molecule has 1 aromatic heterocycles. The van der Waals surface area contributed by atoms with Gasteiger partial charge in [-0.1, -0.05) is 172 Å². The van der Waals surface area contributed by atoms with Gasteiger partial charge < -0.3 is 0 Å². The minimum Gasteiger partial charge on any atom is -0.236 e. The Morgan fingerprint density at radius 3 is 1.64 bits per heavy atom. The van der Waals surface area contributed by atoms with Crippen LogP contribution >= 0.6 is 11.3 Å². The Labute approximate surface area is 376 Å². The van der Waals surface area contributed by atoms with Crippen molar-refractivity contribution in [1.82, 2.24) is 4.98 Å². The predicted octanol–water partition coefficient (Wildman–Crippen LogP) is 16.8. The maximum Gasteiger partial charge on any atom is 0.124 e. The third kappa shape index (κ3) is 4.51. The van der Waals surface area contributed by atoms with Crippen LogP contribution in [-0.2, 0) is 5.41 Å². The van der Waals surface area contributed by atoms with E-state index in [1.807, 2.05) is 0 Å². The van der Waals surface area contributed by atoms with E-state index in [0.29, 0.717) is 23.7 Å². The summed E-state index contributed by atoms with van der Waals surface area (Å²) in [4.78, 5) is 5.24. The van der Waals surface area contributed by atoms with Gasteiger partial charge in [-0.2, -0.15) is 0 Å². The Balaban J connectivity index is 1.12. The lowest BCUT2D eigenvalue weighted by atomic mass is 9.78. The SMILES string of the molecule is CC1(C)c2ccccc2-c2cc3c(-c4ccc5c6c(cccc46)C4C=CC=CC54)c4ccc(-c5nc6ccccc6s5)cc4c(-c4ccc5c6c(cccc46)C4C=CC=CC54)c3cc21. The molecule has 1 heterocycles. The molecule has 4 unspecified atom stereocenters. The summed E-state index contributed by atoms with van der Waals surface area (Å²) in [6.07, 6.45) is 18.6. The fourth-order valence-corrected chi connectivity index (χ4v) is 14.0. The molecule has 0 saturated carbocycles. The molecule has 10 aromatic rings. The fourth-order valence-electron chi connectivity index (χ4n) is 13.0. The van der Waals surface area contributed by atoms with Crippen LogP contribution in [0.1, 0.15) is 70.9 Å². The van der Waals surface area contributed by atoms with Crippen LogP contribution in [0.25, 0.3) is 97.3 Å². The maximum atomic E-state index is 5.24. The molecule has 15 rings (SSSR count). The molecule has 0 amide bonds. The average molecular weight is 832 g/mol. The molecule has 0 aliphatic heterocycles. The molecule has 0 N–H and O–H groups in total. The number of hydrogen-bond acceptors (Lipinski definition) is 2. The summed E-state index contributed by atoms with van der Waals surface area (Å²) in [6, 6.07) is 54.1. The first-order valence-electron chi connectivity index (χ1n) is 22.9. The average Bonchev–Trinajstić information content (AvgIpc) is 4.07. The Morgan fingerprint density at radius 1 is 0.422 bits per heavy atom. The second-order valence-corrected chi connectivity index (χ2v) is 20.2. The first-order chi connectivity index (χ1) is 31.5.